The number of carbonyl (C=O) groups is 2. The average molecular weight is 670 g/mol. The van der Waals surface area contributed by atoms with E-state index in [1.165, 1.54) is 14.2 Å². The summed E-state index contributed by atoms with van der Waals surface area (Å²) in [7, 11) is 2.80. The van der Waals surface area contributed by atoms with Gasteiger partial charge in [0.05, 0.1) is 25.3 Å². The fraction of sp³-hybridized carbons (Fsp3) is 0.174. The predicted octanol–water partition coefficient (Wildman–Crippen LogP) is 10.3. The van der Waals surface area contributed by atoms with Gasteiger partial charge in [0.1, 0.15) is 0 Å². The molecule has 2 aromatic rings. The van der Waals surface area contributed by atoms with Crippen molar-refractivity contribution in [2.24, 2.45) is 0 Å². The molecule has 0 bridgehead atoms. The van der Waals surface area contributed by atoms with Crippen LogP contribution < -0.4 is 5.32 Å². The molecule has 0 unspecified atom stereocenters. The second-order valence-electron chi connectivity index (χ2n) is 13.0. The van der Waals surface area contributed by atoms with E-state index >= 15 is 0 Å². The second-order valence-corrected chi connectivity index (χ2v) is 13.0. The number of rotatable bonds is 6. The number of carbonyl (C=O) groups excluding carboxylic acids is 2. The van der Waals surface area contributed by atoms with Crippen LogP contribution in [0.3, 0.4) is 0 Å². The van der Waals surface area contributed by atoms with Gasteiger partial charge in [0.15, 0.2) is 0 Å². The molecule has 6 rings (SSSR count). The van der Waals surface area contributed by atoms with Gasteiger partial charge in [0.25, 0.3) is 0 Å². The van der Waals surface area contributed by atoms with E-state index in [4.69, 9.17) is 9.47 Å². The fourth-order valence-electron chi connectivity index (χ4n) is 5.99. The van der Waals surface area contributed by atoms with Crippen LogP contribution in [0.25, 0.3) is 22.3 Å². The van der Waals surface area contributed by atoms with Crippen LogP contribution in [0, 0.1) is 23.7 Å². The molecule has 51 heavy (non-hydrogen) atoms. The normalized spacial score (nSPS) is 10.7. The number of nitrogens with one attached hydrogen (secondary N) is 1. The maximum atomic E-state index is 12.6. The van der Waals surface area contributed by atoms with E-state index < -0.39 is 0 Å². The summed E-state index contributed by atoms with van der Waals surface area (Å²) >= 11 is 0. The lowest BCUT2D eigenvalue weighted by Gasteiger charge is -2.06. The minimum absolute atomic E-state index is 0.317. The van der Waals surface area contributed by atoms with Crippen molar-refractivity contribution in [2.45, 2.75) is 39.5 Å². The van der Waals surface area contributed by atoms with Crippen molar-refractivity contribution in [1.29, 1.82) is 0 Å². The Kier molecular flexibility index (Phi) is 10.2. The summed E-state index contributed by atoms with van der Waals surface area (Å²) in [5.74, 6) is 13.0. The first-order valence-corrected chi connectivity index (χ1v) is 17.0. The zero-order valence-electron chi connectivity index (χ0n) is 29.7. The Morgan fingerprint density at radius 1 is 0.510 bits per heavy atom. The SMILES string of the molecule is COC(=O)c1cc(C#Cc2ccc(Nc3ccc(C#Cc4cc(C(=O)OC)c5cc(C(C)C)cccc4-5)cc3)cc2)c2cccc(C(C)C)cc1-2. The van der Waals surface area contributed by atoms with E-state index in [1.54, 1.807) is 0 Å². The summed E-state index contributed by atoms with van der Waals surface area (Å²) in [5.41, 5.74) is 12.0. The Bertz CT molecular complexity index is 2130. The van der Waals surface area contributed by atoms with Crippen molar-refractivity contribution in [2.75, 3.05) is 19.5 Å². The number of fused-ring (bicyclic) bond motifs is 2. The van der Waals surface area contributed by atoms with E-state index in [0.29, 0.717) is 23.0 Å². The largest absolute Gasteiger partial charge is 0.465 e. The summed E-state index contributed by atoms with van der Waals surface area (Å²) in [6.07, 6.45) is 0. The number of esters is 2. The van der Waals surface area contributed by atoms with Gasteiger partial charge in [-0.2, -0.15) is 0 Å². The molecule has 2 aromatic carbocycles. The average Bonchev–Trinajstić information content (AvgIpc) is 3.43. The van der Waals surface area contributed by atoms with Crippen LogP contribution in [0.5, 0.6) is 0 Å². The van der Waals surface area contributed by atoms with Crippen LogP contribution in [-0.4, -0.2) is 26.2 Å². The molecule has 4 aliphatic carbocycles. The smallest absolute Gasteiger partial charge is 0.338 e. The highest BCUT2D eigenvalue weighted by atomic mass is 16.5. The zero-order chi connectivity index (χ0) is 36.1. The number of hydrogen-bond donors (Lipinski definition) is 1. The lowest BCUT2D eigenvalue weighted by atomic mass is 10.0. The lowest BCUT2D eigenvalue weighted by Crippen LogP contribution is -2.00. The molecule has 0 saturated carbocycles. The van der Waals surface area contributed by atoms with Gasteiger partial charge >= 0.3 is 11.9 Å². The Morgan fingerprint density at radius 3 is 1.25 bits per heavy atom. The third kappa shape index (κ3) is 7.64. The quantitative estimate of drug-likeness (QED) is 0.141. The molecule has 5 nitrogen and oxygen atoms in total. The van der Waals surface area contributed by atoms with Crippen molar-refractivity contribution < 1.29 is 19.1 Å². The molecule has 0 fully saturated rings. The van der Waals surface area contributed by atoms with Gasteiger partial charge in [-0.3, -0.25) is 0 Å². The summed E-state index contributed by atoms with van der Waals surface area (Å²) < 4.78 is 10.1. The molecule has 0 heterocycles. The maximum Gasteiger partial charge on any atom is 0.338 e. The van der Waals surface area contributed by atoms with E-state index in [1.807, 2.05) is 84.9 Å². The second kappa shape index (κ2) is 15.1. The predicted molar refractivity (Wildman–Crippen MR) is 205 cm³/mol. The molecule has 0 radical (unpaired) electrons. The number of benzene rings is 2. The molecule has 0 spiro atoms. The minimum Gasteiger partial charge on any atom is -0.465 e. The number of methoxy groups -OCH3 is 2. The summed E-state index contributed by atoms with van der Waals surface area (Å²) in [6.45, 7) is 8.52. The monoisotopic (exact) mass is 669 g/mol. The molecule has 0 atom stereocenters. The van der Waals surface area contributed by atoms with Crippen LogP contribution in [0.2, 0.25) is 0 Å². The minimum atomic E-state index is -0.372. The molecule has 0 aliphatic heterocycles. The lowest BCUT2D eigenvalue weighted by molar-refractivity contribution is 0.0593. The summed E-state index contributed by atoms with van der Waals surface area (Å²) in [6, 6.07) is 35.8. The first-order chi connectivity index (χ1) is 24.6. The van der Waals surface area contributed by atoms with Crippen molar-refractivity contribution in [1.82, 2.24) is 0 Å². The molecule has 5 heteroatoms. The van der Waals surface area contributed by atoms with E-state index in [0.717, 1.165) is 67.0 Å². The van der Waals surface area contributed by atoms with Gasteiger partial charge < -0.3 is 14.8 Å². The van der Waals surface area contributed by atoms with Crippen LogP contribution in [0.4, 0.5) is 11.4 Å². The van der Waals surface area contributed by atoms with Gasteiger partial charge in [0.2, 0.25) is 0 Å². The Balaban J connectivity index is 1.17. The van der Waals surface area contributed by atoms with Crippen molar-refractivity contribution in [3.05, 3.63) is 154 Å². The van der Waals surface area contributed by atoms with Gasteiger partial charge in [-0.25, -0.2) is 9.59 Å². The molecule has 0 aromatic heterocycles. The molecule has 1 N–H and O–H groups in total. The number of anilines is 2. The van der Waals surface area contributed by atoms with E-state index in [9.17, 15) is 9.59 Å². The van der Waals surface area contributed by atoms with Crippen molar-refractivity contribution in [3.8, 4) is 45.9 Å². The highest BCUT2D eigenvalue weighted by molar-refractivity contribution is 6.02. The van der Waals surface area contributed by atoms with Crippen LogP contribution in [0.1, 0.15) is 93.6 Å². The molecule has 252 valence electrons. The van der Waals surface area contributed by atoms with Gasteiger partial charge in [0, 0.05) is 33.6 Å². The highest BCUT2D eigenvalue weighted by Gasteiger charge is 2.22. The zero-order valence-corrected chi connectivity index (χ0v) is 29.7. The van der Waals surface area contributed by atoms with Crippen molar-refractivity contribution >= 4 is 23.3 Å². The summed E-state index contributed by atoms with van der Waals surface area (Å²) in [4.78, 5) is 25.2. The fourth-order valence-corrected chi connectivity index (χ4v) is 5.99. The Morgan fingerprint density at radius 2 is 0.902 bits per heavy atom. The van der Waals surface area contributed by atoms with Crippen molar-refractivity contribution in [3.63, 3.8) is 0 Å². The Labute approximate surface area is 300 Å². The third-order valence-electron chi connectivity index (χ3n) is 8.93. The molecular weight excluding hydrogens is 631 g/mol. The van der Waals surface area contributed by atoms with E-state index in [2.05, 4.69) is 81.0 Å². The Hall–Kier alpha value is -6.30. The number of ether oxygens (including phenoxy) is 2. The molecular formula is C46H39NO4. The van der Waals surface area contributed by atoms with Crippen LogP contribution >= 0.6 is 0 Å². The van der Waals surface area contributed by atoms with Gasteiger partial charge in [-0.1, -0.05) is 87.8 Å². The standard InChI is InChI=1S/C46H39NO4/c1-29(2)33-9-7-11-39-35(27-43(41(39)25-33)45(48)50-5)19-13-31-15-21-37(22-16-31)47-38-23-17-32(18-24-38)14-20-36-28-44(46(49)51-6)42-26-34(30(3)4)10-8-12-40(36)42/h7-12,15-18,21-30,47H,1-6H3. The highest BCUT2D eigenvalue weighted by Crippen LogP contribution is 2.35. The van der Waals surface area contributed by atoms with Gasteiger partial charge in [-0.15, -0.1) is 0 Å². The van der Waals surface area contributed by atoms with Crippen LogP contribution in [-0.2, 0) is 9.47 Å². The van der Waals surface area contributed by atoms with Gasteiger partial charge in [-0.05, 0) is 118 Å². The molecule has 4 aliphatic rings. The maximum absolute atomic E-state index is 12.6. The van der Waals surface area contributed by atoms with Crippen LogP contribution in [0.15, 0.2) is 109 Å². The third-order valence-corrected chi connectivity index (χ3v) is 8.93. The first-order valence-electron chi connectivity index (χ1n) is 17.0. The topological polar surface area (TPSA) is 64.6 Å². The summed E-state index contributed by atoms with van der Waals surface area (Å²) in [5, 5.41) is 3.44. The van der Waals surface area contributed by atoms with E-state index in [-0.39, 0.29) is 11.9 Å². The first kappa shape index (κ1) is 34.6. The number of hydrogen-bond acceptors (Lipinski definition) is 5. The molecule has 0 saturated heterocycles. The molecule has 0 amide bonds.